The van der Waals surface area contributed by atoms with Crippen molar-refractivity contribution in [3.05, 3.63) is 27.7 Å². The quantitative estimate of drug-likeness (QED) is 0.807. The molecule has 0 saturated heterocycles. The number of carbonyl (C=O) groups is 1. The van der Waals surface area contributed by atoms with Crippen LogP contribution in [-0.4, -0.2) is 27.0 Å². The lowest BCUT2D eigenvalue weighted by atomic mass is 10.2. The van der Waals surface area contributed by atoms with Crippen LogP contribution in [0.3, 0.4) is 0 Å². The maximum Gasteiger partial charge on any atom is 0.390 e. The van der Waals surface area contributed by atoms with E-state index in [-0.39, 0.29) is 10.6 Å². The first kappa shape index (κ1) is 18.3. The smallest absolute Gasteiger partial charge is 0.352 e. The summed E-state index contributed by atoms with van der Waals surface area (Å²) in [6.07, 6.45) is -5.67. The highest BCUT2D eigenvalue weighted by molar-refractivity contribution is 8.13. The molecule has 21 heavy (non-hydrogen) atoms. The van der Waals surface area contributed by atoms with E-state index in [2.05, 4.69) is 0 Å². The SMILES string of the molecule is O=C(NCCC(F)(F)F)c1cc(Cl)cc(S(=O)(=O)Cl)c1Cl. The van der Waals surface area contributed by atoms with Crippen LogP contribution in [0.4, 0.5) is 13.2 Å². The second-order valence-electron chi connectivity index (χ2n) is 3.82. The molecule has 11 heteroatoms. The normalized spacial score (nSPS) is 12.3. The van der Waals surface area contributed by atoms with Crippen molar-refractivity contribution in [2.75, 3.05) is 6.54 Å². The van der Waals surface area contributed by atoms with Gasteiger partial charge in [0.05, 0.1) is 17.0 Å². The van der Waals surface area contributed by atoms with Crippen LogP contribution in [0.1, 0.15) is 16.8 Å². The molecule has 0 heterocycles. The van der Waals surface area contributed by atoms with E-state index in [1.165, 1.54) is 0 Å². The molecule has 0 spiro atoms. The highest BCUT2D eigenvalue weighted by atomic mass is 35.7. The minimum absolute atomic E-state index is 0.153. The molecule has 0 aromatic heterocycles. The predicted octanol–water partition coefficient (Wildman–Crippen LogP) is 3.60. The zero-order valence-electron chi connectivity index (χ0n) is 9.97. The first-order valence-electron chi connectivity index (χ1n) is 5.20. The number of amides is 1. The van der Waals surface area contributed by atoms with Crippen molar-refractivity contribution >= 4 is 48.8 Å². The first-order valence-corrected chi connectivity index (χ1v) is 8.27. The van der Waals surface area contributed by atoms with E-state index in [0.29, 0.717) is 0 Å². The van der Waals surface area contributed by atoms with Crippen molar-refractivity contribution in [2.45, 2.75) is 17.5 Å². The number of carbonyl (C=O) groups excluding carboxylic acids is 1. The van der Waals surface area contributed by atoms with Crippen molar-refractivity contribution in [3.8, 4) is 0 Å². The topological polar surface area (TPSA) is 63.2 Å². The molecular formula is C10H7Cl3F3NO3S. The lowest BCUT2D eigenvalue weighted by Gasteiger charge is -2.10. The summed E-state index contributed by atoms with van der Waals surface area (Å²) >= 11 is 11.4. The average Bonchev–Trinajstić information content (AvgIpc) is 2.28. The van der Waals surface area contributed by atoms with Crippen molar-refractivity contribution in [3.63, 3.8) is 0 Å². The van der Waals surface area contributed by atoms with Crippen molar-refractivity contribution < 1.29 is 26.4 Å². The Morgan fingerprint density at radius 3 is 2.29 bits per heavy atom. The number of rotatable bonds is 4. The molecule has 0 saturated carbocycles. The van der Waals surface area contributed by atoms with Gasteiger partial charge in [0, 0.05) is 22.2 Å². The van der Waals surface area contributed by atoms with E-state index in [1.807, 2.05) is 5.32 Å². The van der Waals surface area contributed by atoms with E-state index >= 15 is 0 Å². The second kappa shape index (κ2) is 6.60. The molecule has 1 aromatic rings. The molecule has 0 fully saturated rings. The maximum absolute atomic E-state index is 12.0. The summed E-state index contributed by atoms with van der Waals surface area (Å²) in [5, 5.41) is 1.29. The number of hydrogen-bond acceptors (Lipinski definition) is 3. The molecule has 1 amide bonds. The van der Waals surface area contributed by atoms with Gasteiger partial charge in [-0.15, -0.1) is 0 Å². The molecule has 0 aliphatic heterocycles. The standard InChI is InChI=1S/C10H7Cl3F3NO3S/c11-5-3-6(8(12)7(4-5)21(13,19)20)9(18)17-2-1-10(14,15)16/h3-4H,1-2H2,(H,17,18). The van der Waals surface area contributed by atoms with Crippen molar-refractivity contribution in [2.24, 2.45) is 0 Å². The number of hydrogen-bond donors (Lipinski definition) is 1. The third-order valence-electron chi connectivity index (χ3n) is 2.21. The monoisotopic (exact) mass is 383 g/mol. The molecule has 118 valence electrons. The molecule has 1 aromatic carbocycles. The molecule has 0 bridgehead atoms. The average molecular weight is 385 g/mol. The van der Waals surface area contributed by atoms with E-state index in [4.69, 9.17) is 33.9 Å². The van der Waals surface area contributed by atoms with Crippen molar-refractivity contribution in [1.29, 1.82) is 0 Å². The summed E-state index contributed by atoms with van der Waals surface area (Å²) in [5.41, 5.74) is -0.384. The van der Waals surface area contributed by atoms with Crippen LogP contribution in [-0.2, 0) is 9.05 Å². The Bertz CT molecular complexity index is 661. The van der Waals surface area contributed by atoms with E-state index in [9.17, 15) is 26.4 Å². The second-order valence-corrected chi connectivity index (χ2v) is 7.17. The van der Waals surface area contributed by atoms with Gasteiger partial charge in [0.2, 0.25) is 0 Å². The van der Waals surface area contributed by atoms with E-state index < -0.39 is 44.0 Å². The molecule has 1 rings (SSSR count). The number of alkyl halides is 3. The van der Waals surface area contributed by atoms with Gasteiger partial charge in [-0.2, -0.15) is 13.2 Å². The highest BCUT2D eigenvalue weighted by Crippen LogP contribution is 2.31. The molecule has 0 aliphatic rings. The fourth-order valence-electron chi connectivity index (χ4n) is 1.32. The fourth-order valence-corrected chi connectivity index (χ4v) is 3.18. The van der Waals surface area contributed by atoms with Gasteiger partial charge in [0.25, 0.3) is 15.0 Å². The van der Waals surface area contributed by atoms with Gasteiger partial charge in [-0.05, 0) is 12.1 Å². The van der Waals surface area contributed by atoms with Gasteiger partial charge in [-0.3, -0.25) is 4.79 Å². The van der Waals surface area contributed by atoms with Crippen LogP contribution in [0.15, 0.2) is 17.0 Å². The summed E-state index contributed by atoms with van der Waals surface area (Å²) in [4.78, 5) is 11.1. The lowest BCUT2D eigenvalue weighted by molar-refractivity contribution is -0.132. The van der Waals surface area contributed by atoms with Crippen LogP contribution < -0.4 is 5.32 Å². The Morgan fingerprint density at radius 1 is 1.24 bits per heavy atom. The van der Waals surface area contributed by atoms with Gasteiger partial charge in [-0.25, -0.2) is 8.42 Å². The van der Waals surface area contributed by atoms with Crippen LogP contribution in [0.25, 0.3) is 0 Å². The predicted molar refractivity (Wildman–Crippen MR) is 72.5 cm³/mol. The highest BCUT2D eigenvalue weighted by Gasteiger charge is 2.27. The minimum atomic E-state index is -4.43. The minimum Gasteiger partial charge on any atom is -0.352 e. The lowest BCUT2D eigenvalue weighted by Crippen LogP contribution is -2.28. The zero-order chi connectivity index (χ0) is 16.4. The van der Waals surface area contributed by atoms with Crippen molar-refractivity contribution in [1.82, 2.24) is 5.32 Å². The van der Waals surface area contributed by atoms with Gasteiger partial charge in [-0.1, -0.05) is 23.2 Å². The largest absolute Gasteiger partial charge is 0.390 e. The summed E-state index contributed by atoms with van der Waals surface area (Å²) < 4.78 is 58.5. The Morgan fingerprint density at radius 2 is 1.81 bits per heavy atom. The Labute approximate surface area is 132 Å². The Balaban J connectivity index is 3.03. The van der Waals surface area contributed by atoms with Gasteiger partial charge in [0.1, 0.15) is 4.90 Å². The first-order chi connectivity index (χ1) is 9.42. The number of nitrogens with one attached hydrogen (secondary N) is 1. The molecular weight excluding hydrogens is 378 g/mol. The number of halogens is 6. The van der Waals surface area contributed by atoms with Crippen LogP contribution in [0.5, 0.6) is 0 Å². The Kier molecular flexibility index (Phi) is 5.76. The molecule has 1 N–H and O–H groups in total. The third-order valence-corrected chi connectivity index (χ3v) is 4.29. The van der Waals surface area contributed by atoms with Crippen LogP contribution >= 0.6 is 33.9 Å². The Hall–Kier alpha value is -0.700. The van der Waals surface area contributed by atoms with Gasteiger partial charge >= 0.3 is 6.18 Å². The van der Waals surface area contributed by atoms with Gasteiger partial charge < -0.3 is 5.32 Å². The molecule has 0 atom stereocenters. The van der Waals surface area contributed by atoms with E-state index in [0.717, 1.165) is 12.1 Å². The zero-order valence-corrected chi connectivity index (χ0v) is 13.1. The molecule has 0 radical (unpaired) electrons. The van der Waals surface area contributed by atoms with Gasteiger partial charge in [0.15, 0.2) is 0 Å². The number of benzene rings is 1. The fraction of sp³-hybridized carbons (Fsp3) is 0.300. The summed E-state index contributed by atoms with van der Waals surface area (Å²) in [7, 11) is 0.865. The van der Waals surface area contributed by atoms with Crippen LogP contribution in [0.2, 0.25) is 10.0 Å². The van der Waals surface area contributed by atoms with E-state index in [1.54, 1.807) is 0 Å². The van der Waals surface area contributed by atoms with Crippen LogP contribution in [0, 0.1) is 0 Å². The summed E-state index contributed by atoms with van der Waals surface area (Å²) in [6.45, 7) is -0.686. The molecule has 4 nitrogen and oxygen atoms in total. The summed E-state index contributed by atoms with van der Waals surface area (Å²) in [6, 6.07) is 1.96. The maximum atomic E-state index is 12.0. The summed E-state index contributed by atoms with van der Waals surface area (Å²) in [5.74, 6) is -0.992. The molecule has 0 unspecified atom stereocenters. The third kappa shape index (κ3) is 5.54. The molecule has 0 aliphatic carbocycles.